The Bertz CT molecular complexity index is 684. The summed E-state index contributed by atoms with van der Waals surface area (Å²) in [6.45, 7) is 5.29. The van der Waals surface area contributed by atoms with Crippen LogP contribution in [-0.4, -0.2) is 16.1 Å². The van der Waals surface area contributed by atoms with E-state index in [1.807, 2.05) is 12.1 Å². The Labute approximate surface area is 131 Å². The van der Waals surface area contributed by atoms with Crippen LogP contribution in [0.4, 0.5) is 16.3 Å². The van der Waals surface area contributed by atoms with E-state index in [2.05, 4.69) is 31.5 Å². The lowest BCUT2D eigenvalue weighted by molar-refractivity contribution is 0.262. The SMILES string of the molecule is Cc1nc(NC(=O)Nc2ccc(Br)cc2)c(C)c(C)c1O. The highest BCUT2D eigenvalue weighted by Crippen LogP contribution is 2.27. The first kappa shape index (κ1) is 15.3. The molecule has 0 aliphatic carbocycles. The normalized spacial score (nSPS) is 10.3. The minimum Gasteiger partial charge on any atom is -0.506 e. The van der Waals surface area contributed by atoms with Crippen LogP contribution in [0.15, 0.2) is 28.7 Å². The standard InChI is InChI=1S/C15H16BrN3O2/c1-8-9(2)14(17-10(3)13(8)20)19-15(21)18-12-6-4-11(16)5-7-12/h4-7,20H,1-3H3,(H2,17,18,19,21). The zero-order valence-corrected chi connectivity index (χ0v) is 13.6. The van der Waals surface area contributed by atoms with E-state index in [9.17, 15) is 9.90 Å². The number of hydrogen-bond donors (Lipinski definition) is 3. The zero-order valence-electron chi connectivity index (χ0n) is 12.0. The van der Waals surface area contributed by atoms with Gasteiger partial charge in [0.2, 0.25) is 0 Å². The molecule has 0 saturated heterocycles. The van der Waals surface area contributed by atoms with Crippen molar-refractivity contribution in [1.82, 2.24) is 4.98 Å². The van der Waals surface area contributed by atoms with Crippen molar-refractivity contribution < 1.29 is 9.90 Å². The molecular formula is C15H16BrN3O2. The molecule has 6 heteroatoms. The summed E-state index contributed by atoms with van der Waals surface area (Å²) in [5, 5.41) is 15.2. The fourth-order valence-corrected chi connectivity index (χ4v) is 2.12. The molecule has 1 heterocycles. The molecule has 2 amide bonds. The molecule has 0 aliphatic rings. The van der Waals surface area contributed by atoms with Gasteiger partial charge in [-0.15, -0.1) is 0 Å². The van der Waals surface area contributed by atoms with Gasteiger partial charge < -0.3 is 10.4 Å². The zero-order chi connectivity index (χ0) is 15.6. The van der Waals surface area contributed by atoms with Crippen LogP contribution in [0.5, 0.6) is 5.75 Å². The van der Waals surface area contributed by atoms with Crippen LogP contribution in [0.3, 0.4) is 0 Å². The maximum Gasteiger partial charge on any atom is 0.324 e. The van der Waals surface area contributed by atoms with Crippen LogP contribution in [-0.2, 0) is 0 Å². The Morgan fingerprint density at radius 1 is 1.10 bits per heavy atom. The van der Waals surface area contributed by atoms with Gasteiger partial charge in [-0.25, -0.2) is 9.78 Å². The largest absolute Gasteiger partial charge is 0.506 e. The van der Waals surface area contributed by atoms with E-state index in [0.29, 0.717) is 22.8 Å². The van der Waals surface area contributed by atoms with Crippen molar-refractivity contribution >= 4 is 33.5 Å². The molecule has 0 aliphatic heterocycles. The molecule has 3 N–H and O–H groups in total. The number of nitrogens with one attached hydrogen (secondary N) is 2. The smallest absolute Gasteiger partial charge is 0.324 e. The van der Waals surface area contributed by atoms with Gasteiger partial charge in [0.1, 0.15) is 11.6 Å². The minimum atomic E-state index is -0.377. The van der Waals surface area contributed by atoms with E-state index in [1.54, 1.807) is 32.9 Å². The molecule has 0 spiro atoms. The number of pyridine rings is 1. The number of rotatable bonds is 2. The number of urea groups is 1. The highest BCUT2D eigenvalue weighted by molar-refractivity contribution is 9.10. The Kier molecular flexibility index (Phi) is 4.47. The van der Waals surface area contributed by atoms with Gasteiger partial charge in [0.05, 0.1) is 5.69 Å². The van der Waals surface area contributed by atoms with Crippen LogP contribution in [0, 0.1) is 20.8 Å². The lowest BCUT2D eigenvalue weighted by atomic mass is 10.1. The third-order valence-corrected chi connectivity index (χ3v) is 3.76. The lowest BCUT2D eigenvalue weighted by Gasteiger charge is -2.13. The van der Waals surface area contributed by atoms with E-state index >= 15 is 0 Å². The Balaban J connectivity index is 2.15. The third kappa shape index (κ3) is 3.52. The number of aromatic hydroxyl groups is 1. The Morgan fingerprint density at radius 3 is 2.33 bits per heavy atom. The van der Waals surface area contributed by atoms with Crippen molar-refractivity contribution in [2.45, 2.75) is 20.8 Å². The first-order valence-corrected chi connectivity index (χ1v) is 7.18. The van der Waals surface area contributed by atoms with Crippen LogP contribution in [0.25, 0.3) is 0 Å². The summed E-state index contributed by atoms with van der Waals surface area (Å²) in [7, 11) is 0. The predicted molar refractivity (Wildman–Crippen MR) is 86.9 cm³/mol. The molecule has 0 fully saturated rings. The molecular weight excluding hydrogens is 334 g/mol. The summed E-state index contributed by atoms with van der Waals surface area (Å²) in [5.41, 5.74) is 2.61. The van der Waals surface area contributed by atoms with Crippen molar-refractivity contribution in [2.24, 2.45) is 0 Å². The lowest BCUT2D eigenvalue weighted by Crippen LogP contribution is -2.21. The third-order valence-electron chi connectivity index (χ3n) is 3.23. The summed E-state index contributed by atoms with van der Waals surface area (Å²) in [6.07, 6.45) is 0. The molecule has 0 saturated carbocycles. The maximum absolute atomic E-state index is 12.0. The van der Waals surface area contributed by atoms with Gasteiger partial charge in [-0.2, -0.15) is 0 Å². The number of benzene rings is 1. The van der Waals surface area contributed by atoms with Gasteiger partial charge in [0, 0.05) is 10.2 Å². The number of anilines is 2. The average molecular weight is 350 g/mol. The summed E-state index contributed by atoms with van der Waals surface area (Å²) < 4.78 is 0.941. The predicted octanol–water partition coefficient (Wildman–Crippen LogP) is 4.12. The number of halogens is 1. The molecule has 0 unspecified atom stereocenters. The van der Waals surface area contributed by atoms with Crippen molar-refractivity contribution in [3.8, 4) is 5.75 Å². The summed E-state index contributed by atoms with van der Waals surface area (Å²) in [4.78, 5) is 16.2. The number of carbonyl (C=O) groups excluding carboxylic acids is 1. The van der Waals surface area contributed by atoms with Crippen LogP contribution in [0.1, 0.15) is 16.8 Å². The molecule has 2 aromatic rings. The quantitative estimate of drug-likeness (QED) is 0.763. The Morgan fingerprint density at radius 2 is 1.71 bits per heavy atom. The molecule has 21 heavy (non-hydrogen) atoms. The van der Waals surface area contributed by atoms with Crippen LogP contribution >= 0.6 is 15.9 Å². The van der Waals surface area contributed by atoms with Crippen molar-refractivity contribution in [3.63, 3.8) is 0 Å². The second-order valence-electron chi connectivity index (χ2n) is 4.73. The average Bonchev–Trinajstić information content (AvgIpc) is 2.45. The number of amides is 2. The molecule has 1 aromatic carbocycles. The summed E-state index contributed by atoms with van der Waals surface area (Å²) in [6, 6.07) is 6.88. The van der Waals surface area contributed by atoms with E-state index in [0.717, 1.165) is 10.0 Å². The van der Waals surface area contributed by atoms with Gasteiger partial charge in [0.15, 0.2) is 0 Å². The second-order valence-corrected chi connectivity index (χ2v) is 5.65. The molecule has 5 nitrogen and oxygen atoms in total. The number of nitrogens with zero attached hydrogens (tertiary/aromatic N) is 1. The molecule has 1 aromatic heterocycles. The van der Waals surface area contributed by atoms with E-state index in [4.69, 9.17) is 0 Å². The topological polar surface area (TPSA) is 74.2 Å². The molecule has 2 rings (SSSR count). The molecule has 0 bridgehead atoms. The fourth-order valence-electron chi connectivity index (χ4n) is 1.86. The van der Waals surface area contributed by atoms with Gasteiger partial charge in [-0.3, -0.25) is 5.32 Å². The summed E-state index contributed by atoms with van der Waals surface area (Å²) in [5.74, 6) is 0.601. The van der Waals surface area contributed by atoms with E-state index in [1.165, 1.54) is 0 Å². The number of carbonyl (C=O) groups is 1. The monoisotopic (exact) mass is 349 g/mol. The molecule has 0 radical (unpaired) electrons. The van der Waals surface area contributed by atoms with E-state index < -0.39 is 0 Å². The van der Waals surface area contributed by atoms with Gasteiger partial charge in [0.25, 0.3) is 0 Å². The van der Waals surface area contributed by atoms with Gasteiger partial charge in [-0.05, 0) is 56.2 Å². The van der Waals surface area contributed by atoms with Crippen LogP contribution < -0.4 is 10.6 Å². The first-order valence-electron chi connectivity index (χ1n) is 6.39. The summed E-state index contributed by atoms with van der Waals surface area (Å²) >= 11 is 3.34. The molecule has 0 atom stereocenters. The first-order chi connectivity index (χ1) is 9.88. The minimum absolute atomic E-state index is 0.159. The van der Waals surface area contributed by atoms with Crippen molar-refractivity contribution in [1.29, 1.82) is 0 Å². The van der Waals surface area contributed by atoms with Crippen molar-refractivity contribution in [3.05, 3.63) is 45.6 Å². The fraction of sp³-hybridized carbons (Fsp3) is 0.200. The maximum atomic E-state index is 12.0. The Hall–Kier alpha value is -2.08. The highest BCUT2D eigenvalue weighted by Gasteiger charge is 2.13. The van der Waals surface area contributed by atoms with E-state index in [-0.39, 0.29) is 11.8 Å². The highest BCUT2D eigenvalue weighted by atomic mass is 79.9. The number of aromatic nitrogens is 1. The number of aryl methyl sites for hydroxylation is 1. The number of hydrogen-bond acceptors (Lipinski definition) is 3. The van der Waals surface area contributed by atoms with Crippen molar-refractivity contribution in [2.75, 3.05) is 10.6 Å². The van der Waals surface area contributed by atoms with Gasteiger partial charge >= 0.3 is 6.03 Å². The van der Waals surface area contributed by atoms with Crippen LogP contribution in [0.2, 0.25) is 0 Å². The second kappa shape index (κ2) is 6.13. The molecule has 110 valence electrons. The van der Waals surface area contributed by atoms with Gasteiger partial charge in [-0.1, -0.05) is 15.9 Å².